The lowest BCUT2D eigenvalue weighted by molar-refractivity contribution is 0.0948. The molecule has 3 aromatic rings. The number of amides is 1. The molecule has 2 heterocycles. The molecule has 0 aliphatic heterocycles. The van der Waals surface area contributed by atoms with Crippen LogP contribution in [0.2, 0.25) is 0 Å². The summed E-state index contributed by atoms with van der Waals surface area (Å²) < 4.78 is 12.4. The fraction of sp³-hybridized carbons (Fsp3) is 0.455. The van der Waals surface area contributed by atoms with E-state index in [2.05, 4.69) is 48.4 Å². The quantitative estimate of drug-likeness (QED) is 0.351. The van der Waals surface area contributed by atoms with E-state index < -0.39 is 0 Å². The van der Waals surface area contributed by atoms with E-state index in [1.807, 2.05) is 0 Å². The number of carbonyl (C=O) groups is 1. The third-order valence-corrected chi connectivity index (χ3v) is 5.36. The first kappa shape index (κ1) is 23.6. The summed E-state index contributed by atoms with van der Waals surface area (Å²) >= 11 is 1.60. The Balaban J connectivity index is 1.79. The average molecular weight is 459 g/mol. The van der Waals surface area contributed by atoms with E-state index in [0.717, 1.165) is 16.9 Å². The number of para-hydroxylation sites is 1. The molecule has 0 fully saturated rings. The molecule has 10 heteroatoms. The molecule has 9 nitrogen and oxygen atoms in total. The lowest BCUT2D eigenvalue weighted by Gasteiger charge is -2.13. The second-order valence-corrected chi connectivity index (χ2v) is 9.27. The Kier molecular flexibility index (Phi) is 7.79. The number of anilines is 1. The minimum Gasteiger partial charge on any atom is -0.493 e. The Hall–Kier alpha value is -3.01. The number of rotatable bonds is 10. The van der Waals surface area contributed by atoms with E-state index in [0.29, 0.717) is 40.6 Å². The number of benzene rings is 1. The monoisotopic (exact) mass is 458 g/mol. The van der Waals surface area contributed by atoms with Gasteiger partial charge in [-0.15, -0.1) is 0 Å². The van der Waals surface area contributed by atoms with Crippen LogP contribution in [0.4, 0.5) is 5.82 Å². The van der Waals surface area contributed by atoms with Gasteiger partial charge in [-0.05, 0) is 26.0 Å². The lowest BCUT2D eigenvalue weighted by atomic mass is 10.1. The van der Waals surface area contributed by atoms with Gasteiger partial charge in [0.15, 0.2) is 22.3 Å². The van der Waals surface area contributed by atoms with Crippen molar-refractivity contribution in [3.05, 3.63) is 30.0 Å². The number of carbonyl (C=O) groups excluding carboxylic acids is 1. The van der Waals surface area contributed by atoms with Gasteiger partial charge in [0.25, 0.3) is 5.91 Å². The van der Waals surface area contributed by atoms with Crippen molar-refractivity contribution in [1.82, 2.24) is 25.1 Å². The molecule has 0 aliphatic carbocycles. The summed E-state index contributed by atoms with van der Waals surface area (Å²) in [6.07, 6.45) is 1.76. The predicted octanol–water partition coefficient (Wildman–Crippen LogP) is 3.59. The molecule has 0 radical (unpaired) electrons. The molecule has 2 aromatic heterocycles. The molecule has 0 saturated carbocycles. The summed E-state index contributed by atoms with van der Waals surface area (Å²) in [4.78, 5) is 22.1. The zero-order chi connectivity index (χ0) is 23.3. The maximum atomic E-state index is 12.7. The van der Waals surface area contributed by atoms with Crippen molar-refractivity contribution in [3.8, 4) is 11.5 Å². The van der Waals surface area contributed by atoms with E-state index >= 15 is 0 Å². The summed E-state index contributed by atoms with van der Waals surface area (Å²) in [5, 5.41) is 12.7. The van der Waals surface area contributed by atoms with Crippen LogP contribution >= 0.6 is 11.8 Å². The normalized spacial score (nSPS) is 11.2. The van der Waals surface area contributed by atoms with Crippen LogP contribution in [0.1, 0.15) is 38.1 Å². The molecular formula is C22H30N6O3S. The number of fused-ring (bicyclic) bond motifs is 1. The smallest absolute Gasteiger partial charge is 0.255 e. The van der Waals surface area contributed by atoms with Gasteiger partial charge in [0.05, 0.1) is 37.9 Å². The third kappa shape index (κ3) is 5.42. The topological polar surface area (TPSA) is 103 Å². The number of methoxy groups -OCH3 is 2. The van der Waals surface area contributed by atoms with Gasteiger partial charge in [-0.25, -0.2) is 14.6 Å². The zero-order valence-corrected chi connectivity index (χ0v) is 20.1. The first-order valence-electron chi connectivity index (χ1n) is 10.5. The SMILES string of the molecule is COc1cccc(C(=O)NCCn2ncc3c(NC(C)C)nc(SC(C)C)nc32)c1OC. The molecule has 3 rings (SSSR count). The number of nitrogens with zero attached hydrogens (tertiary/aromatic N) is 4. The Morgan fingerprint density at radius 2 is 1.94 bits per heavy atom. The number of hydrogen-bond acceptors (Lipinski definition) is 8. The Labute approximate surface area is 192 Å². The maximum Gasteiger partial charge on any atom is 0.255 e. The van der Waals surface area contributed by atoms with Gasteiger partial charge in [-0.1, -0.05) is 31.7 Å². The molecule has 1 amide bonds. The molecule has 0 atom stereocenters. The van der Waals surface area contributed by atoms with Crippen LogP contribution in [0.15, 0.2) is 29.6 Å². The van der Waals surface area contributed by atoms with Crippen molar-refractivity contribution in [3.63, 3.8) is 0 Å². The average Bonchev–Trinajstić information content (AvgIpc) is 3.15. The molecule has 0 aliphatic rings. The first-order valence-corrected chi connectivity index (χ1v) is 11.4. The Bertz CT molecular complexity index is 1080. The molecule has 0 spiro atoms. The second-order valence-electron chi connectivity index (χ2n) is 7.72. The number of thioether (sulfide) groups is 1. The van der Waals surface area contributed by atoms with E-state index in [9.17, 15) is 4.79 Å². The summed E-state index contributed by atoms with van der Waals surface area (Å²) in [5.41, 5.74) is 1.15. The maximum absolute atomic E-state index is 12.7. The van der Waals surface area contributed by atoms with Crippen molar-refractivity contribution in [2.75, 3.05) is 26.1 Å². The predicted molar refractivity (Wildman–Crippen MR) is 127 cm³/mol. The Morgan fingerprint density at radius 1 is 1.16 bits per heavy atom. The van der Waals surface area contributed by atoms with Crippen LogP contribution in [-0.4, -0.2) is 57.7 Å². The van der Waals surface area contributed by atoms with Crippen molar-refractivity contribution in [2.24, 2.45) is 0 Å². The van der Waals surface area contributed by atoms with Gasteiger partial charge < -0.3 is 20.1 Å². The lowest BCUT2D eigenvalue weighted by Crippen LogP contribution is -2.28. The van der Waals surface area contributed by atoms with Crippen LogP contribution in [0.25, 0.3) is 11.0 Å². The van der Waals surface area contributed by atoms with Gasteiger partial charge in [0.1, 0.15) is 5.82 Å². The van der Waals surface area contributed by atoms with Crippen LogP contribution < -0.4 is 20.1 Å². The first-order chi connectivity index (χ1) is 15.3. The van der Waals surface area contributed by atoms with Crippen molar-refractivity contribution < 1.29 is 14.3 Å². The summed E-state index contributed by atoms with van der Waals surface area (Å²) in [5.74, 6) is 1.44. The molecule has 0 bridgehead atoms. The number of aromatic nitrogens is 4. The van der Waals surface area contributed by atoms with Gasteiger partial charge in [-0.3, -0.25) is 4.79 Å². The highest BCUT2D eigenvalue weighted by atomic mass is 32.2. The van der Waals surface area contributed by atoms with Crippen molar-refractivity contribution >= 4 is 34.5 Å². The van der Waals surface area contributed by atoms with Crippen molar-refractivity contribution in [1.29, 1.82) is 0 Å². The van der Waals surface area contributed by atoms with Gasteiger partial charge in [-0.2, -0.15) is 5.10 Å². The second kappa shape index (κ2) is 10.5. The highest BCUT2D eigenvalue weighted by Crippen LogP contribution is 2.30. The molecule has 32 heavy (non-hydrogen) atoms. The largest absolute Gasteiger partial charge is 0.493 e. The van der Waals surface area contributed by atoms with Gasteiger partial charge >= 0.3 is 0 Å². The van der Waals surface area contributed by atoms with Gasteiger partial charge in [0.2, 0.25) is 0 Å². The summed E-state index contributed by atoms with van der Waals surface area (Å²) in [6, 6.07) is 5.43. The van der Waals surface area contributed by atoms with E-state index in [1.165, 1.54) is 7.11 Å². The van der Waals surface area contributed by atoms with Crippen LogP contribution in [0.3, 0.4) is 0 Å². The third-order valence-electron chi connectivity index (χ3n) is 4.50. The van der Waals surface area contributed by atoms with Crippen LogP contribution in [-0.2, 0) is 6.54 Å². The molecule has 0 unspecified atom stereocenters. The molecular weight excluding hydrogens is 428 g/mol. The van der Waals surface area contributed by atoms with Crippen molar-refractivity contribution in [2.45, 2.75) is 50.7 Å². The van der Waals surface area contributed by atoms with E-state index in [4.69, 9.17) is 14.5 Å². The number of ether oxygens (including phenoxy) is 2. The van der Waals surface area contributed by atoms with Crippen LogP contribution in [0, 0.1) is 0 Å². The summed E-state index contributed by atoms with van der Waals surface area (Å²) in [6.45, 7) is 9.18. The van der Waals surface area contributed by atoms with Crippen LogP contribution in [0.5, 0.6) is 11.5 Å². The molecule has 172 valence electrons. The molecule has 1 aromatic carbocycles. The molecule has 2 N–H and O–H groups in total. The Morgan fingerprint density at radius 3 is 2.59 bits per heavy atom. The highest BCUT2D eigenvalue weighted by Gasteiger charge is 2.17. The summed E-state index contributed by atoms with van der Waals surface area (Å²) in [7, 11) is 3.05. The fourth-order valence-electron chi connectivity index (χ4n) is 3.18. The minimum absolute atomic E-state index is 0.227. The zero-order valence-electron chi connectivity index (χ0n) is 19.3. The molecule has 0 saturated heterocycles. The fourth-order valence-corrected chi connectivity index (χ4v) is 3.89. The van der Waals surface area contributed by atoms with E-state index in [1.54, 1.807) is 47.9 Å². The number of nitrogens with one attached hydrogen (secondary N) is 2. The highest BCUT2D eigenvalue weighted by molar-refractivity contribution is 7.99. The van der Waals surface area contributed by atoms with E-state index in [-0.39, 0.29) is 11.9 Å². The standard InChI is InChI=1S/C22H30N6O3S/c1-13(2)25-19-16-12-24-28(20(16)27-22(26-19)32-14(3)4)11-10-23-21(29)15-8-7-9-17(30-5)18(15)31-6/h7-9,12-14H,10-11H2,1-6H3,(H,23,29)(H,25,26,27). The number of hydrogen-bond donors (Lipinski definition) is 2. The minimum atomic E-state index is -0.245. The van der Waals surface area contributed by atoms with Gasteiger partial charge in [0, 0.05) is 17.8 Å².